The lowest BCUT2D eigenvalue weighted by Crippen LogP contribution is -2.32. The molecule has 0 saturated carbocycles. The molecule has 0 bridgehead atoms. The highest BCUT2D eigenvalue weighted by Crippen LogP contribution is 2.36. The highest BCUT2D eigenvalue weighted by molar-refractivity contribution is 8.04. The van der Waals surface area contributed by atoms with E-state index >= 15 is 0 Å². The first-order valence-corrected chi connectivity index (χ1v) is 6.04. The number of allylic oxidation sites excluding steroid dienone is 1. The van der Waals surface area contributed by atoms with E-state index < -0.39 is 0 Å². The van der Waals surface area contributed by atoms with Crippen molar-refractivity contribution in [2.75, 3.05) is 4.90 Å². The Bertz CT molecular complexity index is 462. The van der Waals surface area contributed by atoms with Crippen molar-refractivity contribution in [1.82, 2.24) is 0 Å². The SMILES string of the molecule is CCC1=CN(c2ccccc2C#N)C(N)S1. The van der Waals surface area contributed by atoms with Crippen molar-refractivity contribution in [1.29, 1.82) is 5.26 Å². The summed E-state index contributed by atoms with van der Waals surface area (Å²) in [6.45, 7) is 2.10. The van der Waals surface area contributed by atoms with Crippen molar-refractivity contribution < 1.29 is 0 Å². The lowest BCUT2D eigenvalue weighted by atomic mass is 10.2. The molecule has 82 valence electrons. The number of thioether (sulfide) groups is 1. The van der Waals surface area contributed by atoms with E-state index in [9.17, 15) is 0 Å². The molecule has 1 atom stereocenters. The van der Waals surface area contributed by atoms with Gasteiger partial charge in [-0.3, -0.25) is 0 Å². The van der Waals surface area contributed by atoms with Gasteiger partial charge in [0.2, 0.25) is 0 Å². The first-order valence-electron chi connectivity index (χ1n) is 5.16. The van der Waals surface area contributed by atoms with E-state index in [0.717, 1.165) is 12.1 Å². The van der Waals surface area contributed by atoms with Crippen LogP contribution in [0.25, 0.3) is 0 Å². The van der Waals surface area contributed by atoms with Gasteiger partial charge in [0.15, 0.2) is 0 Å². The Hall–Kier alpha value is -1.44. The van der Waals surface area contributed by atoms with E-state index in [1.165, 1.54) is 4.91 Å². The maximum absolute atomic E-state index is 9.04. The van der Waals surface area contributed by atoms with Gasteiger partial charge in [0.05, 0.1) is 11.3 Å². The van der Waals surface area contributed by atoms with Crippen LogP contribution < -0.4 is 10.6 Å². The fourth-order valence-electron chi connectivity index (χ4n) is 1.65. The van der Waals surface area contributed by atoms with Crippen molar-refractivity contribution in [3.63, 3.8) is 0 Å². The van der Waals surface area contributed by atoms with E-state index in [1.807, 2.05) is 35.4 Å². The summed E-state index contributed by atoms with van der Waals surface area (Å²) in [4.78, 5) is 3.21. The Morgan fingerprint density at radius 3 is 2.88 bits per heavy atom. The largest absolute Gasteiger partial charge is 0.321 e. The molecule has 1 unspecified atom stereocenters. The molecule has 0 fully saturated rings. The molecule has 1 aromatic rings. The molecule has 2 N–H and O–H groups in total. The van der Waals surface area contributed by atoms with Crippen LogP contribution in [-0.4, -0.2) is 5.50 Å². The van der Waals surface area contributed by atoms with Crippen LogP contribution in [0.3, 0.4) is 0 Å². The fourth-order valence-corrected chi connectivity index (χ4v) is 2.58. The van der Waals surface area contributed by atoms with Crippen molar-refractivity contribution in [3.8, 4) is 6.07 Å². The van der Waals surface area contributed by atoms with Gasteiger partial charge in [0.1, 0.15) is 11.6 Å². The molecule has 0 aromatic heterocycles. The van der Waals surface area contributed by atoms with Crippen molar-refractivity contribution in [3.05, 3.63) is 40.9 Å². The summed E-state index contributed by atoms with van der Waals surface area (Å²) in [5.74, 6) is 0. The number of benzene rings is 1. The zero-order valence-electron chi connectivity index (χ0n) is 9.05. The summed E-state index contributed by atoms with van der Waals surface area (Å²) in [6, 6.07) is 9.71. The average molecular weight is 231 g/mol. The lowest BCUT2D eigenvalue weighted by molar-refractivity contribution is 0.923. The number of hydrogen-bond donors (Lipinski definition) is 1. The first kappa shape index (κ1) is 11.1. The predicted molar refractivity (Wildman–Crippen MR) is 67.6 cm³/mol. The minimum Gasteiger partial charge on any atom is -0.321 e. The third-order valence-corrected chi connectivity index (χ3v) is 3.65. The second-order valence-electron chi connectivity index (χ2n) is 3.49. The van der Waals surface area contributed by atoms with Crippen LogP contribution in [0.1, 0.15) is 18.9 Å². The highest BCUT2D eigenvalue weighted by Gasteiger charge is 2.23. The fraction of sp³-hybridized carbons (Fsp3) is 0.250. The van der Waals surface area contributed by atoms with E-state index in [-0.39, 0.29) is 5.50 Å². The molecule has 16 heavy (non-hydrogen) atoms. The predicted octanol–water partition coefficient (Wildman–Crippen LogP) is 2.61. The van der Waals surface area contributed by atoms with E-state index in [0.29, 0.717) is 5.56 Å². The van der Waals surface area contributed by atoms with Crippen LogP contribution in [0.2, 0.25) is 0 Å². The van der Waals surface area contributed by atoms with Gasteiger partial charge in [-0.05, 0) is 18.6 Å². The Balaban J connectivity index is 2.38. The lowest BCUT2D eigenvalue weighted by Gasteiger charge is -2.21. The maximum atomic E-state index is 9.04. The molecule has 4 heteroatoms. The first-order chi connectivity index (χ1) is 7.76. The average Bonchev–Trinajstić information content (AvgIpc) is 2.70. The second kappa shape index (κ2) is 4.60. The summed E-state index contributed by atoms with van der Waals surface area (Å²) in [7, 11) is 0. The summed E-state index contributed by atoms with van der Waals surface area (Å²) in [5, 5.41) is 9.04. The third-order valence-electron chi connectivity index (χ3n) is 2.48. The summed E-state index contributed by atoms with van der Waals surface area (Å²) in [6.07, 6.45) is 3.01. The molecule has 0 amide bonds. The van der Waals surface area contributed by atoms with Gasteiger partial charge < -0.3 is 10.6 Å². The Kier molecular flexibility index (Phi) is 3.18. The van der Waals surface area contributed by atoms with Crippen LogP contribution in [-0.2, 0) is 0 Å². The van der Waals surface area contributed by atoms with E-state index in [4.69, 9.17) is 11.0 Å². The molecule has 0 aliphatic carbocycles. The van der Waals surface area contributed by atoms with Gasteiger partial charge in [-0.15, -0.1) is 0 Å². The second-order valence-corrected chi connectivity index (χ2v) is 4.74. The maximum Gasteiger partial charge on any atom is 0.133 e. The Labute approximate surface area is 99.5 Å². The minimum atomic E-state index is -0.121. The molecule has 2 rings (SSSR count). The molecule has 3 nitrogen and oxygen atoms in total. The van der Waals surface area contributed by atoms with Gasteiger partial charge in [0.25, 0.3) is 0 Å². The molecule has 1 aliphatic heterocycles. The summed E-state index contributed by atoms with van der Waals surface area (Å²) < 4.78 is 0. The van der Waals surface area contributed by atoms with Crippen molar-refractivity contribution in [2.24, 2.45) is 5.73 Å². The van der Waals surface area contributed by atoms with Gasteiger partial charge in [-0.25, -0.2) is 0 Å². The number of hydrogen-bond acceptors (Lipinski definition) is 4. The molecule has 0 radical (unpaired) electrons. The number of anilines is 1. The quantitative estimate of drug-likeness (QED) is 0.850. The Morgan fingerprint density at radius 2 is 2.25 bits per heavy atom. The van der Waals surface area contributed by atoms with E-state index in [2.05, 4.69) is 13.0 Å². The number of rotatable bonds is 2. The van der Waals surface area contributed by atoms with Crippen molar-refractivity contribution >= 4 is 17.4 Å². The van der Waals surface area contributed by atoms with Crippen molar-refractivity contribution in [2.45, 2.75) is 18.8 Å². The van der Waals surface area contributed by atoms with E-state index in [1.54, 1.807) is 11.8 Å². The van der Waals surface area contributed by atoms with Crippen LogP contribution in [0.5, 0.6) is 0 Å². The number of nitriles is 1. The van der Waals surface area contributed by atoms with Gasteiger partial charge in [-0.2, -0.15) is 5.26 Å². The monoisotopic (exact) mass is 231 g/mol. The molecular formula is C12H13N3S. The number of nitrogens with zero attached hydrogens (tertiary/aromatic N) is 2. The normalized spacial score (nSPS) is 19.4. The smallest absolute Gasteiger partial charge is 0.133 e. The zero-order chi connectivity index (χ0) is 11.5. The van der Waals surface area contributed by atoms with Crippen LogP contribution in [0, 0.1) is 11.3 Å². The summed E-state index contributed by atoms with van der Waals surface area (Å²) in [5.41, 5.74) is 7.45. The number of para-hydroxylation sites is 1. The van der Waals surface area contributed by atoms with Crippen LogP contribution >= 0.6 is 11.8 Å². The molecule has 0 saturated heterocycles. The van der Waals surface area contributed by atoms with Gasteiger partial charge >= 0.3 is 0 Å². The minimum absolute atomic E-state index is 0.121. The van der Waals surface area contributed by atoms with Crippen LogP contribution in [0.4, 0.5) is 5.69 Å². The topological polar surface area (TPSA) is 53.0 Å². The highest BCUT2D eigenvalue weighted by atomic mass is 32.2. The standard InChI is InChI=1S/C12H13N3S/c1-2-10-8-15(12(14)16-10)11-6-4-3-5-9(11)7-13/h3-6,8,12H,2,14H2,1H3. The zero-order valence-corrected chi connectivity index (χ0v) is 9.87. The summed E-state index contributed by atoms with van der Waals surface area (Å²) >= 11 is 1.64. The van der Waals surface area contributed by atoms with Crippen LogP contribution in [0.15, 0.2) is 35.4 Å². The molecule has 1 aromatic carbocycles. The number of nitrogens with two attached hydrogens (primary N) is 1. The molecule has 1 heterocycles. The van der Waals surface area contributed by atoms with Gasteiger partial charge in [0, 0.05) is 11.1 Å². The molecule has 0 spiro atoms. The van der Waals surface area contributed by atoms with Gasteiger partial charge in [-0.1, -0.05) is 30.8 Å². The molecule has 1 aliphatic rings. The Morgan fingerprint density at radius 1 is 1.50 bits per heavy atom. The third kappa shape index (κ3) is 1.92. The molecular weight excluding hydrogens is 218 g/mol.